The Morgan fingerprint density at radius 2 is 1.86 bits per heavy atom. The summed E-state index contributed by atoms with van der Waals surface area (Å²) in [5, 5.41) is 19.0. The van der Waals surface area contributed by atoms with Gasteiger partial charge in [0.25, 0.3) is 5.56 Å². The Morgan fingerprint density at radius 1 is 1.21 bits per heavy atom. The van der Waals surface area contributed by atoms with Crippen LogP contribution >= 0.6 is 0 Å². The van der Waals surface area contributed by atoms with Crippen molar-refractivity contribution in [3.05, 3.63) is 70.6 Å². The number of anilines is 1. The van der Waals surface area contributed by atoms with Crippen molar-refractivity contribution in [3.63, 3.8) is 0 Å². The Labute approximate surface area is 163 Å². The molecule has 7 nitrogen and oxygen atoms in total. The van der Waals surface area contributed by atoms with E-state index >= 15 is 0 Å². The average molecular weight is 375 g/mol. The zero-order valence-corrected chi connectivity index (χ0v) is 15.7. The fraction of sp³-hybridized carbons (Fsp3) is 0.190. The van der Waals surface area contributed by atoms with E-state index in [0.717, 1.165) is 5.56 Å². The molecule has 28 heavy (non-hydrogen) atoms. The second-order valence-corrected chi connectivity index (χ2v) is 6.01. The number of ether oxygens (including phenoxy) is 1. The predicted octanol–water partition coefficient (Wildman–Crippen LogP) is 2.55. The molecule has 0 aliphatic carbocycles. The summed E-state index contributed by atoms with van der Waals surface area (Å²) in [5.41, 5.74) is 6.66. The van der Waals surface area contributed by atoms with Gasteiger partial charge in [0.1, 0.15) is 34.8 Å². The van der Waals surface area contributed by atoms with Crippen LogP contribution in [0.15, 0.2) is 48.3 Å². The van der Waals surface area contributed by atoms with Crippen molar-refractivity contribution in [2.45, 2.75) is 6.54 Å². The minimum absolute atomic E-state index is 0.0568. The Morgan fingerprint density at radius 3 is 2.39 bits per heavy atom. The first kappa shape index (κ1) is 20.5. The van der Waals surface area contributed by atoms with Crippen LogP contribution in [0.25, 0.3) is 11.1 Å². The first-order valence-corrected chi connectivity index (χ1v) is 8.48. The monoisotopic (exact) mass is 375 g/mol. The van der Waals surface area contributed by atoms with E-state index in [1.807, 2.05) is 12.1 Å². The maximum absolute atomic E-state index is 12.2. The molecule has 1 heterocycles. The van der Waals surface area contributed by atoms with Crippen LogP contribution in [0.3, 0.4) is 0 Å². The van der Waals surface area contributed by atoms with Crippen LogP contribution in [0.2, 0.25) is 0 Å². The minimum atomic E-state index is -0.633. The molecule has 0 aliphatic rings. The third-order valence-corrected chi connectivity index (χ3v) is 4.21. The van der Waals surface area contributed by atoms with Crippen LogP contribution in [-0.4, -0.2) is 30.1 Å². The number of nitrogen functional groups attached to an aromatic ring is 1. The number of methoxy groups -OCH3 is 1. The summed E-state index contributed by atoms with van der Waals surface area (Å²) in [6.07, 6.45) is 3.58. The van der Waals surface area contributed by atoms with Crippen molar-refractivity contribution in [2.75, 3.05) is 25.9 Å². The largest absolute Gasteiger partial charge is 0.496 e. The molecular formula is C21H21N5O2. The molecular weight excluding hydrogens is 354 g/mol. The van der Waals surface area contributed by atoms with Gasteiger partial charge in [-0.2, -0.15) is 10.5 Å². The molecule has 0 unspecified atom stereocenters. The molecule has 2 aromatic rings. The number of hydrogen-bond acceptors (Lipinski definition) is 6. The molecule has 3 N–H and O–H groups in total. The number of nitrogens with two attached hydrogens (primary N) is 1. The molecule has 0 fully saturated rings. The van der Waals surface area contributed by atoms with Gasteiger partial charge in [0, 0.05) is 30.8 Å². The van der Waals surface area contributed by atoms with Gasteiger partial charge in [-0.1, -0.05) is 18.2 Å². The van der Waals surface area contributed by atoms with Gasteiger partial charge in [0.05, 0.1) is 7.11 Å². The summed E-state index contributed by atoms with van der Waals surface area (Å²) in [6.45, 7) is 9.34. The van der Waals surface area contributed by atoms with Gasteiger partial charge in [0.2, 0.25) is 0 Å². The highest BCUT2D eigenvalue weighted by atomic mass is 16.5. The molecule has 1 aromatic carbocycles. The van der Waals surface area contributed by atoms with Crippen LogP contribution in [0.4, 0.5) is 5.82 Å². The smallest absolute Gasteiger partial charge is 0.268 e. The van der Waals surface area contributed by atoms with E-state index in [9.17, 15) is 15.3 Å². The van der Waals surface area contributed by atoms with Crippen molar-refractivity contribution < 1.29 is 4.74 Å². The maximum Gasteiger partial charge on any atom is 0.268 e. The Kier molecular flexibility index (Phi) is 6.75. The Hall–Kier alpha value is -3.81. The van der Waals surface area contributed by atoms with E-state index in [-0.39, 0.29) is 22.5 Å². The highest BCUT2D eigenvalue weighted by molar-refractivity contribution is 5.80. The minimum Gasteiger partial charge on any atom is -0.496 e. The van der Waals surface area contributed by atoms with Gasteiger partial charge in [-0.15, -0.1) is 13.2 Å². The first-order chi connectivity index (χ1) is 13.5. The van der Waals surface area contributed by atoms with Gasteiger partial charge < -0.3 is 15.5 Å². The molecule has 142 valence electrons. The lowest BCUT2D eigenvalue weighted by Crippen LogP contribution is -2.23. The average Bonchev–Trinajstić information content (AvgIpc) is 2.68. The second kappa shape index (κ2) is 9.22. The van der Waals surface area contributed by atoms with Crippen molar-refractivity contribution >= 4 is 5.82 Å². The Bertz CT molecular complexity index is 1030. The number of benzene rings is 1. The fourth-order valence-corrected chi connectivity index (χ4v) is 3.00. The molecule has 0 saturated carbocycles. The highest BCUT2D eigenvalue weighted by Gasteiger charge is 2.19. The number of nitriles is 2. The summed E-state index contributed by atoms with van der Waals surface area (Å²) in [5.74, 6) is 0.579. The number of nitrogens with zero attached hydrogens (tertiary/aromatic N) is 3. The van der Waals surface area contributed by atoms with E-state index in [0.29, 0.717) is 30.9 Å². The lowest BCUT2D eigenvalue weighted by atomic mass is 9.95. The molecule has 0 atom stereocenters. The highest BCUT2D eigenvalue weighted by Crippen LogP contribution is 2.32. The van der Waals surface area contributed by atoms with E-state index in [1.54, 1.807) is 37.5 Å². The van der Waals surface area contributed by atoms with E-state index in [4.69, 9.17) is 10.5 Å². The molecule has 0 aliphatic heterocycles. The SMILES string of the molecule is C=CCN(CC=C)Cc1cc(-c2c(C#N)c(N)[nH]c(=O)c2C#N)ccc1OC. The van der Waals surface area contributed by atoms with Gasteiger partial charge in [-0.25, -0.2) is 0 Å². The normalized spacial score (nSPS) is 10.1. The van der Waals surface area contributed by atoms with Crippen LogP contribution in [0, 0.1) is 22.7 Å². The lowest BCUT2D eigenvalue weighted by Gasteiger charge is -2.21. The van der Waals surface area contributed by atoms with Crippen LogP contribution in [0.1, 0.15) is 16.7 Å². The van der Waals surface area contributed by atoms with E-state index in [1.165, 1.54) is 0 Å². The summed E-state index contributed by atoms with van der Waals surface area (Å²) >= 11 is 0. The van der Waals surface area contributed by atoms with E-state index < -0.39 is 5.56 Å². The summed E-state index contributed by atoms with van der Waals surface area (Å²) in [7, 11) is 1.57. The first-order valence-electron chi connectivity index (χ1n) is 8.48. The van der Waals surface area contributed by atoms with Crippen LogP contribution in [0.5, 0.6) is 5.75 Å². The van der Waals surface area contributed by atoms with E-state index in [2.05, 4.69) is 23.0 Å². The van der Waals surface area contributed by atoms with Gasteiger partial charge in [-0.3, -0.25) is 9.69 Å². The predicted molar refractivity (Wildman–Crippen MR) is 109 cm³/mol. The molecule has 1 aromatic heterocycles. The molecule has 7 heteroatoms. The van der Waals surface area contributed by atoms with Crippen molar-refractivity contribution in [1.29, 1.82) is 10.5 Å². The number of H-pyrrole nitrogens is 1. The van der Waals surface area contributed by atoms with Crippen molar-refractivity contribution in [1.82, 2.24) is 9.88 Å². The third-order valence-electron chi connectivity index (χ3n) is 4.21. The molecule has 0 amide bonds. The number of hydrogen-bond donors (Lipinski definition) is 2. The molecule has 0 bridgehead atoms. The fourth-order valence-electron chi connectivity index (χ4n) is 3.00. The number of aromatic nitrogens is 1. The molecule has 0 radical (unpaired) electrons. The van der Waals surface area contributed by atoms with Crippen LogP contribution in [-0.2, 0) is 6.54 Å². The molecule has 2 rings (SSSR count). The summed E-state index contributed by atoms with van der Waals surface area (Å²) in [6, 6.07) is 9.09. The van der Waals surface area contributed by atoms with Gasteiger partial charge in [-0.05, 0) is 17.7 Å². The zero-order chi connectivity index (χ0) is 20.7. The summed E-state index contributed by atoms with van der Waals surface area (Å²) in [4.78, 5) is 16.6. The van der Waals surface area contributed by atoms with Crippen molar-refractivity contribution in [3.8, 4) is 29.0 Å². The quantitative estimate of drug-likeness (QED) is 0.684. The topological polar surface area (TPSA) is 119 Å². The van der Waals surface area contributed by atoms with Crippen molar-refractivity contribution in [2.24, 2.45) is 0 Å². The van der Waals surface area contributed by atoms with Crippen LogP contribution < -0.4 is 16.0 Å². The number of rotatable bonds is 8. The lowest BCUT2D eigenvalue weighted by molar-refractivity contribution is 0.318. The summed E-state index contributed by atoms with van der Waals surface area (Å²) < 4.78 is 5.45. The van der Waals surface area contributed by atoms with Gasteiger partial charge in [0.15, 0.2) is 0 Å². The Balaban J connectivity index is 2.68. The molecule has 0 saturated heterocycles. The van der Waals surface area contributed by atoms with Gasteiger partial charge >= 0.3 is 0 Å². The number of pyridine rings is 1. The zero-order valence-electron chi connectivity index (χ0n) is 15.7. The number of nitrogens with one attached hydrogen (secondary N) is 1. The number of aromatic amines is 1. The maximum atomic E-state index is 12.2. The standard InChI is InChI=1S/C21H21N5O2/c1-4-8-26(9-5-2)13-15-10-14(6-7-18(15)28-3)19-16(11-22)20(24)25-21(27)17(19)12-23/h4-7,10H,1-2,8-9,13H2,3H3,(H3,24,25,27). The second-order valence-electron chi connectivity index (χ2n) is 6.01. The third kappa shape index (κ3) is 4.12. The molecule has 0 spiro atoms.